The second-order valence-electron chi connectivity index (χ2n) is 8.59. The third-order valence-electron chi connectivity index (χ3n) is 6.30. The van der Waals surface area contributed by atoms with Crippen molar-refractivity contribution < 1.29 is 19.4 Å². The maximum Gasteiger partial charge on any atom is 0.227 e. The molecule has 1 aromatic heterocycles. The number of carbonyl (C=O) groups is 1. The van der Waals surface area contributed by atoms with Gasteiger partial charge in [0.25, 0.3) is 0 Å². The Hall–Kier alpha value is -1.88. The molecule has 36 heavy (non-hydrogen) atoms. The van der Waals surface area contributed by atoms with Crippen molar-refractivity contribution in [2.45, 2.75) is 44.4 Å². The molecule has 0 bridgehead atoms. The number of carbonyl (C=O) groups excluding carboxylic acids is 1. The number of nitrogens with one attached hydrogen (secondary N) is 2. The largest absolute Gasteiger partial charge is 0.495 e. The summed E-state index contributed by atoms with van der Waals surface area (Å²) in [5, 5.41) is 16.8. The zero-order valence-electron chi connectivity index (χ0n) is 20.2. The van der Waals surface area contributed by atoms with Crippen LogP contribution in [0, 0.1) is 0 Å². The first kappa shape index (κ1) is 30.3. The molecule has 4 rings (SSSR count). The number of ether oxygens (including phenoxy) is 2. The lowest BCUT2D eigenvalue weighted by atomic mass is 10.1. The number of ketones is 1. The van der Waals surface area contributed by atoms with Gasteiger partial charge in [0.05, 0.1) is 43.1 Å². The van der Waals surface area contributed by atoms with E-state index in [1.54, 1.807) is 13.3 Å². The van der Waals surface area contributed by atoms with Crippen molar-refractivity contribution >= 4 is 54.0 Å². The van der Waals surface area contributed by atoms with E-state index in [1.807, 2.05) is 23.1 Å². The highest BCUT2D eigenvalue weighted by Gasteiger charge is 2.27. The summed E-state index contributed by atoms with van der Waals surface area (Å²) < 4.78 is 11.0. The number of anilines is 2. The van der Waals surface area contributed by atoms with Crippen LogP contribution < -0.4 is 20.3 Å². The molecule has 0 amide bonds. The number of rotatable bonds is 10. The number of aliphatic hydroxyl groups is 1. The van der Waals surface area contributed by atoms with Gasteiger partial charge in [-0.3, -0.25) is 4.79 Å². The number of morpholine rings is 1. The Balaban J connectivity index is 0.00000228. The lowest BCUT2D eigenvalue weighted by Crippen LogP contribution is -2.38. The molecular weight excluding hydrogens is 529 g/mol. The Morgan fingerprint density at radius 1 is 1.39 bits per heavy atom. The van der Waals surface area contributed by atoms with E-state index in [2.05, 4.69) is 15.6 Å². The number of aliphatic hydroxyl groups excluding tert-OH is 1. The van der Waals surface area contributed by atoms with Crippen molar-refractivity contribution in [2.24, 2.45) is 0 Å². The third-order valence-corrected chi connectivity index (χ3v) is 6.59. The molecule has 200 valence electrons. The lowest BCUT2D eigenvalue weighted by Gasteiger charge is -2.24. The van der Waals surface area contributed by atoms with E-state index in [0.29, 0.717) is 54.1 Å². The van der Waals surface area contributed by atoms with Crippen molar-refractivity contribution in [2.75, 3.05) is 50.2 Å². The molecule has 2 aliphatic heterocycles. The second kappa shape index (κ2) is 14.8. The normalized spacial score (nSPS) is 19.2. The van der Waals surface area contributed by atoms with Gasteiger partial charge >= 0.3 is 0 Å². The van der Waals surface area contributed by atoms with E-state index in [9.17, 15) is 9.90 Å². The fourth-order valence-corrected chi connectivity index (χ4v) is 4.66. The summed E-state index contributed by atoms with van der Waals surface area (Å²) in [7, 11) is 1.58. The van der Waals surface area contributed by atoms with Crippen molar-refractivity contribution in [3.8, 4) is 5.75 Å². The van der Waals surface area contributed by atoms with Crippen LogP contribution in [-0.2, 0) is 11.3 Å². The van der Waals surface area contributed by atoms with Crippen molar-refractivity contribution in [3.05, 3.63) is 40.5 Å². The van der Waals surface area contributed by atoms with Gasteiger partial charge in [0, 0.05) is 38.8 Å². The number of aromatic nitrogens is 2. The van der Waals surface area contributed by atoms with Crippen molar-refractivity contribution in [1.29, 1.82) is 0 Å². The quantitative estimate of drug-likeness (QED) is 0.375. The molecule has 2 aliphatic rings. The summed E-state index contributed by atoms with van der Waals surface area (Å²) >= 11 is 6.27. The van der Waals surface area contributed by atoms with Gasteiger partial charge in [0.15, 0.2) is 5.78 Å². The Kier molecular flexibility index (Phi) is 12.4. The van der Waals surface area contributed by atoms with E-state index in [0.717, 1.165) is 38.0 Å². The minimum absolute atomic E-state index is 0. The summed E-state index contributed by atoms with van der Waals surface area (Å²) in [5.74, 6) is 1.57. The van der Waals surface area contributed by atoms with Crippen LogP contribution in [0.2, 0.25) is 5.02 Å². The molecular formula is C24H34Cl3N5O4. The Morgan fingerprint density at radius 2 is 2.22 bits per heavy atom. The highest BCUT2D eigenvalue weighted by Crippen LogP contribution is 2.27. The van der Waals surface area contributed by atoms with Crippen molar-refractivity contribution in [3.63, 3.8) is 0 Å². The molecule has 2 saturated heterocycles. The summed E-state index contributed by atoms with van der Waals surface area (Å²) in [6.45, 7) is 3.51. The lowest BCUT2D eigenvalue weighted by molar-refractivity contribution is 0.0224. The molecule has 2 fully saturated rings. The zero-order chi connectivity index (χ0) is 23.9. The highest BCUT2D eigenvalue weighted by molar-refractivity contribution is 6.32. The van der Waals surface area contributed by atoms with Gasteiger partial charge in [-0.05, 0) is 37.0 Å². The van der Waals surface area contributed by atoms with E-state index in [4.69, 9.17) is 26.1 Å². The molecule has 0 spiro atoms. The number of benzene rings is 1. The molecule has 0 radical (unpaired) electrons. The maximum absolute atomic E-state index is 13.1. The summed E-state index contributed by atoms with van der Waals surface area (Å²) in [6.07, 6.45) is 4.48. The first-order valence-electron chi connectivity index (χ1n) is 11.8. The molecule has 9 nitrogen and oxygen atoms in total. The number of methoxy groups -OCH3 is 1. The summed E-state index contributed by atoms with van der Waals surface area (Å²) in [6, 6.07) is 5.54. The maximum atomic E-state index is 13.1. The topological polar surface area (TPSA) is 109 Å². The van der Waals surface area contributed by atoms with E-state index < -0.39 is 0 Å². The van der Waals surface area contributed by atoms with Gasteiger partial charge in [-0.1, -0.05) is 17.7 Å². The summed E-state index contributed by atoms with van der Waals surface area (Å²) in [4.78, 5) is 24.3. The smallest absolute Gasteiger partial charge is 0.227 e. The van der Waals surface area contributed by atoms with Crippen LogP contribution in [0.3, 0.4) is 0 Å². The van der Waals surface area contributed by atoms with Gasteiger partial charge in [0.1, 0.15) is 11.6 Å². The van der Waals surface area contributed by atoms with Crippen molar-refractivity contribution in [1.82, 2.24) is 15.3 Å². The molecule has 1 unspecified atom stereocenters. The fourth-order valence-electron chi connectivity index (χ4n) is 4.38. The van der Waals surface area contributed by atoms with Crippen LogP contribution in [0.4, 0.5) is 11.8 Å². The van der Waals surface area contributed by atoms with Gasteiger partial charge in [-0.15, -0.1) is 24.8 Å². The Labute approximate surface area is 229 Å². The summed E-state index contributed by atoms with van der Waals surface area (Å²) in [5.41, 5.74) is 1.38. The number of hydrogen-bond donors (Lipinski definition) is 3. The average molecular weight is 563 g/mol. The molecule has 2 atom stereocenters. The first-order valence-corrected chi connectivity index (χ1v) is 12.1. The van der Waals surface area contributed by atoms with Gasteiger partial charge in [-0.25, -0.2) is 4.98 Å². The SMILES string of the molecule is COc1ccc(CNc2nc(N3CCCC3CO)ncc2C(=O)CC[C@H]2CNCCO2)cc1Cl.Cl.Cl. The second-order valence-corrected chi connectivity index (χ2v) is 8.99. The van der Waals surface area contributed by atoms with Crippen LogP contribution in [-0.4, -0.2) is 73.0 Å². The van der Waals surface area contributed by atoms with E-state index in [1.165, 1.54) is 0 Å². The molecule has 3 heterocycles. The average Bonchev–Trinajstić information content (AvgIpc) is 3.35. The number of Topliss-reactive ketones (excluding diaryl/α,β-unsaturated/α-hetero) is 1. The Morgan fingerprint density at radius 3 is 2.92 bits per heavy atom. The van der Waals surface area contributed by atoms with Gasteiger partial charge in [-0.2, -0.15) is 4.98 Å². The minimum atomic E-state index is -0.0314. The van der Waals surface area contributed by atoms with E-state index in [-0.39, 0.29) is 49.4 Å². The highest BCUT2D eigenvalue weighted by atomic mass is 35.5. The molecule has 12 heteroatoms. The molecule has 0 aliphatic carbocycles. The minimum Gasteiger partial charge on any atom is -0.495 e. The molecule has 1 aromatic carbocycles. The predicted octanol–water partition coefficient (Wildman–Crippen LogP) is 3.51. The number of hydrogen-bond acceptors (Lipinski definition) is 9. The number of halogens is 3. The molecule has 3 N–H and O–H groups in total. The third kappa shape index (κ3) is 7.57. The van der Waals surface area contributed by atoms with Crippen LogP contribution in [0.1, 0.15) is 41.6 Å². The molecule has 0 saturated carbocycles. The zero-order valence-corrected chi connectivity index (χ0v) is 22.6. The number of nitrogens with zero attached hydrogens (tertiary/aromatic N) is 3. The Bertz CT molecular complexity index is 994. The van der Waals surface area contributed by atoms with Crippen LogP contribution in [0.15, 0.2) is 24.4 Å². The van der Waals surface area contributed by atoms with Crippen LogP contribution >= 0.6 is 36.4 Å². The van der Waals surface area contributed by atoms with Gasteiger partial charge < -0.3 is 30.1 Å². The predicted molar refractivity (Wildman–Crippen MR) is 145 cm³/mol. The first-order chi connectivity index (χ1) is 16.6. The monoisotopic (exact) mass is 561 g/mol. The fraction of sp³-hybridized carbons (Fsp3) is 0.542. The van der Waals surface area contributed by atoms with E-state index >= 15 is 0 Å². The van der Waals surface area contributed by atoms with Gasteiger partial charge in [0.2, 0.25) is 5.95 Å². The van der Waals surface area contributed by atoms with Crippen LogP contribution in [0.25, 0.3) is 0 Å². The molecule has 2 aromatic rings. The van der Waals surface area contributed by atoms with Crippen LogP contribution in [0.5, 0.6) is 5.75 Å². The standard InChI is InChI=1S/C24H32ClN5O4.2ClH/c1-33-22-7-4-16(11-20(22)25)12-27-23-19(21(32)6-5-18-13-26-8-10-34-18)14-28-24(29-23)30-9-2-3-17(30)15-31;;/h4,7,11,14,17-18,26,31H,2-3,5-6,8-10,12-13,15H2,1H3,(H,27,28,29);2*1H/t17?,18-;;/m0../s1.